The molecule has 1 aliphatic heterocycles. The summed E-state index contributed by atoms with van der Waals surface area (Å²) in [4.78, 5) is 14.4. The maximum absolute atomic E-state index is 12.5. The number of hydrogen-bond donors (Lipinski definition) is 1. The van der Waals surface area contributed by atoms with E-state index in [0.29, 0.717) is 0 Å². The van der Waals surface area contributed by atoms with E-state index in [4.69, 9.17) is 4.42 Å². The van der Waals surface area contributed by atoms with Crippen molar-refractivity contribution in [1.82, 2.24) is 10.2 Å². The molecule has 1 aromatic rings. The van der Waals surface area contributed by atoms with Crippen molar-refractivity contribution in [2.24, 2.45) is 0 Å². The molecule has 2 heterocycles. The molecule has 2 rings (SSSR count). The first-order valence-electron chi connectivity index (χ1n) is 7.23. The van der Waals surface area contributed by atoms with Crippen molar-refractivity contribution in [3.05, 3.63) is 23.7 Å². The van der Waals surface area contributed by atoms with Crippen LogP contribution in [0.25, 0.3) is 0 Å². The van der Waals surface area contributed by atoms with Gasteiger partial charge >= 0.3 is 0 Å². The van der Waals surface area contributed by atoms with Crippen molar-refractivity contribution in [2.75, 3.05) is 13.1 Å². The Bertz CT molecular complexity index is 428. The van der Waals surface area contributed by atoms with Gasteiger partial charge in [0.05, 0.1) is 12.1 Å². The topological polar surface area (TPSA) is 45.5 Å². The summed E-state index contributed by atoms with van der Waals surface area (Å²) in [5.74, 6) is 1.98. The van der Waals surface area contributed by atoms with Gasteiger partial charge in [0.1, 0.15) is 11.5 Å². The standard InChI is InChI=1S/C15H24N2O2/c1-4-9-16-13-6-5-10-17(15(13)18)12(3)14-8-7-11(2)19-14/h7-8,12-13,16H,4-6,9-10H2,1-3H3. The highest BCUT2D eigenvalue weighted by Crippen LogP contribution is 2.26. The Morgan fingerprint density at radius 2 is 2.32 bits per heavy atom. The Labute approximate surface area is 115 Å². The summed E-state index contributed by atoms with van der Waals surface area (Å²) < 4.78 is 5.65. The highest BCUT2D eigenvalue weighted by molar-refractivity contribution is 5.83. The molecule has 19 heavy (non-hydrogen) atoms. The molecule has 0 saturated carbocycles. The number of carbonyl (C=O) groups excluding carboxylic acids is 1. The van der Waals surface area contributed by atoms with Gasteiger partial charge in [-0.15, -0.1) is 0 Å². The van der Waals surface area contributed by atoms with Crippen LogP contribution in [0.1, 0.15) is 50.7 Å². The van der Waals surface area contributed by atoms with E-state index in [2.05, 4.69) is 12.2 Å². The van der Waals surface area contributed by atoms with Gasteiger partial charge in [0, 0.05) is 6.54 Å². The molecule has 0 bridgehead atoms. The number of nitrogens with zero attached hydrogens (tertiary/aromatic N) is 1. The van der Waals surface area contributed by atoms with Crippen molar-refractivity contribution in [3.8, 4) is 0 Å². The maximum atomic E-state index is 12.5. The molecular weight excluding hydrogens is 240 g/mol. The van der Waals surface area contributed by atoms with Gasteiger partial charge in [0.2, 0.25) is 5.91 Å². The quantitative estimate of drug-likeness (QED) is 0.889. The summed E-state index contributed by atoms with van der Waals surface area (Å²) in [6, 6.07) is 3.92. The molecule has 1 aliphatic rings. The smallest absolute Gasteiger partial charge is 0.240 e. The first kappa shape index (κ1) is 14.1. The van der Waals surface area contributed by atoms with Crippen molar-refractivity contribution in [2.45, 2.75) is 52.1 Å². The van der Waals surface area contributed by atoms with Crippen LogP contribution in [0.3, 0.4) is 0 Å². The van der Waals surface area contributed by atoms with Crippen LogP contribution in [0.4, 0.5) is 0 Å². The highest BCUT2D eigenvalue weighted by atomic mass is 16.3. The van der Waals surface area contributed by atoms with E-state index in [1.54, 1.807) is 0 Å². The molecule has 1 amide bonds. The molecule has 1 aromatic heterocycles. The minimum absolute atomic E-state index is 0.0208. The van der Waals surface area contributed by atoms with Crippen LogP contribution in [0.15, 0.2) is 16.5 Å². The molecular formula is C15H24N2O2. The second-order valence-electron chi connectivity index (χ2n) is 5.30. The van der Waals surface area contributed by atoms with Crippen LogP contribution < -0.4 is 5.32 Å². The van der Waals surface area contributed by atoms with Crippen molar-refractivity contribution >= 4 is 5.91 Å². The zero-order valence-corrected chi connectivity index (χ0v) is 12.1. The van der Waals surface area contributed by atoms with Gasteiger partial charge in [-0.05, 0) is 51.8 Å². The molecule has 2 atom stereocenters. The highest BCUT2D eigenvalue weighted by Gasteiger charge is 2.32. The minimum atomic E-state index is -0.0211. The Balaban J connectivity index is 2.04. The molecule has 2 unspecified atom stereocenters. The third-order valence-corrected chi connectivity index (χ3v) is 3.75. The second kappa shape index (κ2) is 6.24. The van der Waals surface area contributed by atoms with Gasteiger partial charge in [-0.2, -0.15) is 0 Å². The average molecular weight is 264 g/mol. The van der Waals surface area contributed by atoms with Crippen LogP contribution in [-0.4, -0.2) is 29.9 Å². The van der Waals surface area contributed by atoms with Gasteiger partial charge in [-0.25, -0.2) is 0 Å². The largest absolute Gasteiger partial charge is 0.464 e. The summed E-state index contributed by atoms with van der Waals surface area (Å²) in [6.07, 6.45) is 3.05. The first-order chi connectivity index (χ1) is 9.13. The fourth-order valence-electron chi connectivity index (χ4n) is 2.62. The molecule has 0 aromatic carbocycles. The normalized spacial score (nSPS) is 21.7. The van der Waals surface area contributed by atoms with Crippen molar-refractivity contribution in [3.63, 3.8) is 0 Å². The molecule has 0 radical (unpaired) electrons. The molecule has 106 valence electrons. The Hall–Kier alpha value is -1.29. The van der Waals surface area contributed by atoms with E-state index in [1.807, 2.05) is 30.9 Å². The number of hydrogen-bond acceptors (Lipinski definition) is 3. The number of carbonyl (C=O) groups is 1. The minimum Gasteiger partial charge on any atom is -0.464 e. The van der Waals surface area contributed by atoms with Crippen LogP contribution in [-0.2, 0) is 4.79 Å². The predicted octanol–water partition coefficient (Wildman–Crippen LogP) is 2.64. The monoisotopic (exact) mass is 264 g/mol. The van der Waals surface area contributed by atoms with Gasteiger partial charge in [0.25, 0.3) is 0 Å². The lowest BCUT2D eigenvalue weighted by Crippen LogP contribution is -2.51. The Morgan fingerprint density at radius 3 is 2.95 bits per heavy atom. The summed E-state index contributed by atoms with van der Waals surface area (Å²) in [6.45, 7) is 7.81. The van der Waals surface area contributed by atoms with Gasteiger partial charge in [-0.1, -0.05) is 6.92 Å². The zero-order chi connectivity index (χ0) is 13.8. The summed E-state index contributed by atoms with van der Waals surface area (Å²) in [5.41, 5.74) is 0. The van der Waals surface area contributed by atoms with Crippen LogP contribution in [0, 0.1) is 6.92 Å². The molecule has 4 heteroatoms. The van der Waals surface area contributed by atoms with Crippen LogP contribution in [0.2, 0.25) is 0 Å². The lowest BCUT2D eigenvalue weighted by Gasteiger charge is -2.36. The number of amides is 1. The van der Waals surface area contributed by atoms with Crippen molar-refractivity contribution in [1.29, 1.82) is 0 Å². The molecule has 0 spiro atoms. The van der Waals surface area contributed by atoms with E-state index in [9.17, 15) is 4.79 Å². The maximum Gasteiger partial charge on any atom is 0.240 e. The number of rotatable bonds is 5. The van der Waals surface area contributed by atoms with E-state index < -0.39 is 0 Å². The molecule has 1 N–H and O–H groups in total. The van der Waals surface area contributed by atoms with Crippen molar-refractivity contribution < 1.29 is 9.21 Å². The fraction of sp³-hybridized carbons (Fsp3) is 0.667. The Kier molecular flexibility index (Phi) is 4.64. The second-order valence-corrected chi connectivity index (χ2v) is 5.30. The van der Waals surface area contributed by atoms with E-state index >= 15 is 0 Å². The number of piperidine rings is 1. The first-order valence-corrected chi connectivity index (χ1v) is 7.23. The third kappa shape index (κ3) is 3.18. The third-order valence-electron chi connectivity index (χ3n) is 3.75. The molecule has 0 aliphatic carbocycles. The summed E-state index contributed by atoms with van der Waals surface area (Å²) in [7, 11) is 0. The van der Waals surface area contributed by atoms with E-state index in [-0.39, 0.29) is 18.0 Å². The SMILES string of the molecule is CCCNC1CCCN(C(C)c2ccc(C)o2)C1=O. The lowest BCUT2D eigenvalue weighted by molar-refractivity contribution is -0.138. The number of furan rings is 1. The van der Waals surface area contributed by atoms with E-state index in [1.165, 1.54) is 0 Å². The van der Waals surface area contributed by atoms with Crippen LogP contribution in [0.5, 0.6) is 0 Å². The summed E-state index contributed by atoms with van der Waals surface area (Å²) >= 11 is 0. The lowest BCUT2D eigenvalue weighted by atomic mass is 10.0. The van der Waals surface area contributed by atoms with Gasteiger partial charge in [0.15, 0.2) is 0 Å². The van der Waals surface area contributed by atoms with Gasteiger partial charge in [-0.3, -0.25) is 4.79 Å². The number of likely N-dealkylation sites (tertiary alicyclic amines) is 1. The Morgan fingerprint density at radius 1 is 1.53 bits per heavy atom. The molecule has 1 fully saturated rings. The average Bonchev–Trinajstić information content (AvgIpc) is 2.83. The van der Waals surface area contributed by atoms with E-state index in [0.717, 1.165) is 43.9 Å². The molecule has 4 nitrogen and oxygen atoms in total. The zero-order valence-electron chi connectivity index (χ0n) is 12.1. The summed E-state index contributed by atoms with van der Waals surface area (Å²) in [5, 5.41) is 3.34. The van der Waals surface area contributed by atoms with Gasteiger partial charge < -0.3 is 14.6 Å². The fourth-order valence-corrected chi connectivity index (χ4v) is 2.62. The predicted molar refractivity (Wildman–Crippen MR) is 74.9 cm³/mol. The number of aryl methyl sites for hydroxylation is 1. The van der Waals surface area contributed by atoms with Crippen LogP contribution >= 0.6 is 0 Å². The molecule has 1 saturated heterocycles. The number of nitrogens with one attached hydrogen (secondary N) is 1.